The Hall–Kier alpha value is -1.24. The maximum absolute atomic E-state index is 12.5. The lowest BCUT2D eigenvalue weighted by atomic mass is 10.3. The minimum Gasteiger partial charge on any atom is -0.372 e. The lowest BCUT2D eigenvalue weighted by Crippen LogP contribution is -2.24. The van der Waals surface area contributed by atoms with E-state index >= 15 is 0 Å². The van der Waals surface area contributed by atoms with E-state index in [-0.39, 0.29) is 5.56 Å². The molecule has 0 aliphatic heterocycles. The van der Waals surface area contributed by atoms with Gasteiger partial charge < -0.3 is 4.90 Å². The maximum Gasteiger partial charge on any atom is 0.295 e. The molecule has 0 bridgehead atoms. The van der Waals surface area contributed by atoms with E-state index < -0.39 is 0 Å². The first-order chi connectivity index (χ1) is 8.45. The van der Waals surface area contributed by atoms with Gasteiger partial charge in [0.25, 0.3) is 5.56 Å². The molecule has 18 heavy (non-hydrogen) atoms. The van der Waals surface area contributed by atoms with Gasteiger partial charge in [-0.05, 0) is 41.6 Å². The Morgan fingerprint density at radius 1 is 1.22 bits per heavy atom. The number of halogens is 1. The summed E-state index contributed by atoms with van der Waals surface area (Å²) in [7, 11) is 5.70. The van der Waals surface area contributed by atoms with Gasteiger partial charge in [-0.15, -0.1) is 0 Å². The number of rotatable bonds is 2. The predicted molar refractivity (Wildman–Crippen MR) is 82.8 cm³/mol. The van der Waals surface area contributed by atoms with E-state index in [9.17, 15) is 4.79 Å². The minimum atomic E-state index is 0.0177. The fourth-order valence-corrected chi connectivity index (χ4v) is 2.72. The number of para-hydroxylation sites is 1. The Morgan fingerprint density at radius 2 is 1.83 bits per heavy atom. The molecular formula is C13H16IN3O. The van der Waals surface area contributed by atoms with Crippen LogP contribution in [0.25, 0.3) is 5.69 Å². The van der Waals surface area contributed by atoms with E-state index in [4.69, 9.17) is 0 Å². The van der Waals surface area contributed by atoms with Crippen molar-refractivity contribution < 1.29 is 0 Å². The molecule has 5 heteroatoms. The Balaban J connectivity index is 2.79. The van der Waals surface area contributed by atoms with Crippen molar-refractivity contribution in [2.24, 2.45) is 7.05 Å². The molecule has 0 radical (unpaired) electrons. The standard InChI is InChI=1S/C13H16IN3O/c1-9-12(15(2)3)13(18)17(16(9)4)11-8-6-5-7-10(11)14/h5-8H,1-4H3. The molecule has 0 fully saturated rings. The van der Waals surface area contributed by atoms with Crippen LogP contribution in [0.15, 0.2) is 29.1 Å². The fourth-order valence-electron chi connectivity index (χ4n) is 2.10. The zero-order valence-electron chi connectivity index (χ0n) is 10.9. The van der Waals surface area contributed by atoms with Crippen LogP contribution in [-0.2, 0) is 7.05 Å². The third kappa shape index (κ3) is 1.96. The normalized spacial score (nSPS) is 10.7. The van der Waals surface area contributed by atoms with Crippen molar-refractivity contribution in [3.63, 3.8) is 0 Å². The molecule has 0 amide bonds. The van der Waals surface area contributed by atoms with E-state index in [0.29, 0.717) is 0 Å². The topological polar surface area (TPSA) is 30.2 Å². The molecule has 96 valence electrons. The molecule has 1 aromatic carbocycles. The van der Waals surface area contributed by atoms with Crippen molar-refractivity contribution in [2.45, 2.75) is 6.92 Å². The second-order valence-electron chi connectivity index (χ2n) is 4.42. The summed E-state index contributed by atoms with van der Waals surface area (Å²) >= 11 is 2.25. The fraction of sp³-hybridized carbons (Fsp3) is 0.308. The highest BCUT2D eigenvalue weighted by Gasteiger charge is 2.18. The van der Waals surface area contributed by atoms with Gasteiger partial charge in [0.2, 0.25) is 0 Å². The number of benzene rings is 1. The minimum absolute atomic E-state index is 0.0177. The molecule has 2 rings (SSSR count). The molecule has 0 atom stereocenters. The van der Waals surface area contributed by atoms with Gasteiger partial charge in [0.05, 0.1) is 11.4 Å². The molecule has 0 unspecified atom stereocenters. The van der Waals surface area contributed by atoms with Crippen molar-refractivity contribution in [3.8, 4) is 5.69 Å². The van der Waals surface area contributed by atoms with Crippen LogP contribution >= 0.6 is 22.6 Å². The molecule has 0 saturated heterocycles. The highest BCUT2D eigenvalue weighted by atomic mass is 127. The second-order valence-corrected chi connectivity index (χ2v) is 5.58. The maximum atomic E-state index is 12.5. The van der Waals surface area contributed by atoms with E-state index in [1.807, 2.05) is 61.9 Å². The van der Waals surface area contributed by atoms with Crippen LogP contribution in [0, 0.1) is 10.5 Å². The predicted octanol–water partition coefficient (Wildman–Crippen LogP) is 2.16. The SMILES string of the molecule is Cc1c(N(C)C)c(=O)n(-c2ccccc2I)n1C. The molecular weight excluding hydrogens is 341 g/mol. The molecule has 1 heterocycles. The van der Waals surface area contributed by atoms with Gasteiger partial charge in [-0.2, -0.15) is 0 Å². The van der Waals surface area contributed by atoms with E-state index in [1.165, 1.54) is 0 Å². The zero-order valence-corrected chi connectivity index (χ0v) is 13.1. The molecule has 4 nitrogen and oxygen atoms in total. The van der Waals surface area contributed by atoms with Crippen LogP contribution in [0.4, 0.5) is 5.69 Å². The average Bonchev–Trinajstić information content (AvgIpc) is 2.52. The summed E-state index contributed by atoms with van der Waals surface area (Å²) in [6, 6.07) is 7.88. The Labute approximate surface area is 120 Å². The summed E-state index contributed by atoms with van der Waals surface area (Å²) in [5.41, 5.74) is 2.63. The van der Waals surface area contributed by atoms with Gasteiger partial charge >= 0.3 is 0 Å². The number of hydrogen-bond acceptors (Lipinski definition) is 2. The molecule has 1 aromatic heterocycles. The number of hydrogen-bond donors (Lipinski definition) is 0. The molecule has 0 aliphatic rings. The van der Waals surface area contributed by atoms with Crippen molar-refractivity contribution in [3.05, 3.63) is 43.9 Å². The van der Waals surface area contributed by atoms with Gasteiger partial charge in [-0.25, -0.2) is 4.68 Å². The summed E-state index contributed by atoms with van der Waals surface area (Å²) in [6.45, 7) is 1.96. The highest BCUT2D eigenvalue weighted by molar-refractivity contribution is 14.1. The molecule has 2 aromatic rings. The number of nitrogens with zero attached hydrogens (tertiary/aromatic N) is 3. The van der Waals surface area contributed by atoms with Gasteiger partial charge in [0.15, 0.2) is 0 Å². The third-order valence-corrected chi connectivity index (χ3v) is 3.96. The van der Waals surface area contributed by atoms with Crippen molar-refractivity contribution in [1.82, 2.24) is 9.36 Å². The van der Waals surface area contributed by atoms with Crippen molar-refractivity contribution in [2.75, 3.05) is 19.0 Å². The van der Waals surface area contributed by atoms with E-state index in [2.05, 4.69) is 22.6 Å². The summed E-state index contributed by atoms with van der Waals surface area (Å²) in [5, 5.41) is 0. The van der Waals surface area contributed by atoms with E-state index in [0.717, 1.165) is 20.6 Å². The van der Waals surface area contributed by atoms with Crippen LogP contribution < -0.4 is 10.5 Å². The lowest BCUT2D eigenvalue weighted by molar-refractivity contribution is 0.628. The largest absolute Gasteiger partial charge is 0.372 e. The molecule has 0 N–H and O–H groups in total. The first-order valence-corrected chi connectivity index (χ1v) is 6.74. The van der Waals surface area contributed by atoms with Crippen LogP contribution in [0.3, 0.4) is 0 Å². The number of anilines is 1. The summed E-state index contributed by atoms with van der Waals surface area (Å²) < 4.78 is 4.67. The van der Waals surface area contributed by atoms with E-state index in [1.54, 1.807) is 4.68 Å². The second kappa shape index (κ2) is 4.79. The van der Waals surface area contributed by atoms with Gasteiger partial charge in [-0.1, -0.05) is 12.1 Å². The highest BCUT2D eigenvalue weighted by Crippen LogP contribution is 2.19. The summed E-state index contributed by atoms with van der Waals surface area (Å²) in [4.78, 5) is 14.4. The quantitative estimate of drug-likeness (QED) is 0.772. The third-order valence-electron chi connectivity index (χ3n) is 3.05. The Morgan fingerprint density at radius 3 is 2.33 bits per heavy atom. The Bertz CT molecular complexity index is 640. The Kier molecular flexibility index (Phi) is 3.52. The van der Waals surface area contributed by atoms with Crippen LogP contribution in [-0.4, -0.2) is 23.5 Å². The molecule has 0 spiro atoms. The number of aromatic nitrogens is 2. The average molecular weight is 357 g/mol. The summed E-state index contributed by atoms with van der Waals surface area (Å²) in [5.74, 6) is 0. The lowest BCUT2D eigenvalue weighted by Gasteiger charge is -2.09. The smallest absolute Gasteiger partial charge is 0.295 e. The molecule has 0 aliphatic carbocycles. The van der Waals surface area contributed by atoms with Crippen molar-refractivity contribution >= 4 is 28.3 Å². The molecule has 0 saturated carbocycles. The van der Waals surface area contributed by atoms with Crippen LogP contribution in [0.5, 0.6) is 0 Å². The van der Waals surface area contributed by atoms with Crippen LogP contribution in [0.2, 0.25) is 0 Å². The van der Waals surface area contributed by atoms with Gasteiger partial charge in [0.1, 0.15) is 5.69 Å². The van der Waals surface area contributed by atoms with Gasteiger partial charge in [-0.3, -0.25) is 9.48 Å². The van der Waals surface area contributed by atoms with Crippen LogP contribution in [0.1, 0.15) is 5.69 Å². The first-order valence-electron chi connectivity index (χ1n) is 5.66. The zero-order chi connectivity index (χ0) is 13.4. The summed E-state index contributed by atoms with van der Waals surface area (Å²) in [6.07, 6.45) is 0. The monoisotopic (exact) mass is 357 g/mol. The first kappa shape index (κ1) is 13.2. The van der Waals surface area contributed by atoms with Gasteiger partial charge in [0, 0.05) is 24.7 Å². The van der Waals surface area contributed by atoms with Crippen molar-refractivity contribution in [1.29, 1.82) is 0 Å².